The maximum Gasteiger partial charge on any atom is 0.322 e. The highest BCUT2D eigenvalue weighted by atomic mass is 16.5. The van der Waals surface area contributed by atoms with Gasteiger partial charge in [-0.3, -0.25) is 15.0 Å². The molecule has 20 heavy (non-hydrogen) atoms. The van der Waals surface area contributed by atoms with Gasteiger partial charge in [-0.25, -0.2) is 0 Å². The van der Waals surface area contributed by atoms with Crippen LogP contribution in [-0.2, 0) is 9.53 Å². The summed E-state index contributed by atoms with van der Waals surface area (Å²) in [6, 6.07) is 0.00455. The second kappa shape index (κ2) is 5.86. The summed E-state index contributed by atoms with van der Waals surface area (Å²) in [5.41, 5.74) is 0. The lowest BCUT2D eigenvalue weighted by Crippen LogP contribution is -2.50. The molecule has 110 valence electrons. The summed E-state index contributed by atoms with van der Waals surface area (Å²) >= 11 is 0. The predicted octanol–water partition coefficient (Wildman–Crippen LogP) is -0.421. The number of rotatable bonds is 5. The summed E-state index contributed by atoms with van der Waals surface area (Å²) in [5, 5.41) is 19.5. The molecule has 0 aromatic carbocycles. The van der Waals surface area contributed by atoms with Gasteiger partial charge in [0, 0.05) is 12.5 Å². The van der Waals surface area contributed by atoms with E-state index in [1.165, 1.54) is 0 Å². The van der Waals surface area contributed by atoms with Crippen molar-refractivity contribution >= 4 is 11.9 Å². The number of hydrogen-bond donors (Lipinski definition) is 2. The van der Waals surface area contributed by atoms with Crippen molar-refractivity contribution < 1.29 is 19.1 Å². The number of carbonyl (C=O) groups is 1. The van der Waals surface area contributed by atoms with Crippen molar-refractivity contribution in [3.05, 3.63) is 5.89 Å². The molecule has 1 unspecified atom stereocenters. The highest BCUT2D eigenvalue weighted by Crippen LogP contribution is 2.39. The first kappa shape index (κ1) is 13.5. The molecular weight excluding hydrogens is 264 g/mol. The fourth-order valence-corrected chi connectivity index (χ4v) is 2.19. The smallest absolute Gasteiger partial charge is 0.322 e. The van der Waals surface area contributed by atoms with Crippen molar-refractivity contribution in [2.45, 2.75) is 24.8 Å². The van der Waals surface area contributed by atoms with Crippen LogP contribution in [0.5, 0.6) is 0 Å². The van der Waals surface area contributed by atoms with E-state index >= 15 is 0 Å². The normalized spacial score (nSPS) is 23.8. The Hall–Kier alpha value is -1.51. The third-order valence-corrected chi connectivity index (χ3v) is 3.52. The number of nitrogens with zero attached hydrogens (tertiary/aromatic N) is 3. The molecule has 1 amide bonds. The zero-order chi connectivity index (χ0) is 13.9. The minimum atomic E-state index is -0.226. The number of hydrogen-bond acceptors (Lipinski definition) is 7. The first-order valence-corrected chi connectivity index (χ1v) is 6.82. The summed E-state index contributed by atoms with van der Waals surface area (Å²) in [4.78, 5) is 13.8. The summed E-state index contributed by atoms with van der Waals surface area (Å²) in [6.07, 6.45) is 2.14. The van der Waals surface area contributed by atoms with Crippen molar-refractivity contribution in [2.75, 3.05) is 38.2 Å². The number of aliphatic hydroxyl groups is 1. The number of aromatic nitrogens is 2. The van der Waals surface area contributed by atoms with E-state index in [9.17, 15) is 9.90 Å². The van der Waals surface area contributed by atoms with Crippen molar-refractivity contribution in [1.82, 2.24) is 15.1 Å². The Balaban J connectivity index is 1.52. The van der Waals surface area contributed by atoms with Gasteiger partial charge < -0.3 is 14.3 Å². The Morgan fingerprint density at radius 1 is 1.45 bits per heavy atom. The molecule has 8 nitrogen and oxygen atoms in total. The third kappa shape index (κ3) is 3.14. The summed E-state index contributed by atoms with van der Waals surface area (Å²) < 4.78 is 10.6. The number of ether oxygens (including phenoxy) is 1. The molecule has 1 aliphatic carbocycles. The highest BCUT2D eigenvalue weighted by Gasteiger charge is 2.30. The fourth-order valence-electron chi connectivity index (χ4n) is 2.19. The topological polar surface area (TPSA) is 101 Å². The minimum absolute atomic E-state index is 0.0281. The van der Waals surface area contributed by atoms with Crippen LogP contribution in [0, 0.1) is 0 Å². The molecule has 8 heteroatoms. The van der Waals surface area contributed by atoms with Gasteiger partial charge >= 0.3 is 6.01 Å². The van der Waals surface area contributed by atoms with Gasteiger partial charge in [-0.2, -0.15) is 0 Å². The van der Waals surface area contributed by atoms with Gasteiger partial charge in [0.05, 0.1) is 32.4 Å². The SMILES string of the molecule is O=C(CN1CCOCC1CO)Nc1nnc(C2CC2)o1. The van der Waals surface area contributed by atoms with Crippen molar-refractivity contribution in [1.29, 1.82) is 0 Å². The molecule has 1 aromatic rings. The first-order chi connectivity index (χ1) is 9.76. The molecule has 0 radical (unpaired) electrons. The van der Waals surface area contributed by atoms with Crippen LogP contribution < -0.4 is 5.32 Å². The lowest BCUT2D eigenvalue weighted by molar-refractivity contribution is -0.120. The lowest BCUT2D eigenvalue weighted by Gasteiger charge is -2.33. The summed E-state index contributed by atoms with van der Waals surface area (Å²) in [5.74, 6) is 0.738. The Bertz CT molecular complexity index is 474. The van der Waals surface area contributed by atoms with Gasteiger partial charge in [-0.1, -0.05) is 5.10 Å². The van der Waals surface area contributed by atoms with Crippen molar-refractivity contribution in [3.63, 3.8) is 0 Å². The number of amides is 1. The predicted molar refractivity (Wildman–Crippen MR) is 68.2 cm³/mol. The molecule has 1 atom stereocenters. The van der Waals surface area contributed by atoms with Crippen LogP contribution in [0.15, 0.2) is 4.42 Å². The van der Waals surface area contributed by atoms with Crippen LogP contribution >= 0.6 is 0 Å². The number of aliphatic hydroxyl groups excluding tert-OH is 1. The highest BCUT2D eigenvalue weighted by molar-refractivity contribution is 5.90. The van der Waals surface area contributed by atoms with E-state index in [1.807, 2.05) is 4.90 Å². The lowest BCUT2D eigenvalue weighted by atomic mass is 10.2. The third-order valence-electron chi connectivity index (χ3n) is 3.52. The van der Waals surface area contributed by atoms with Gasteiger partial charge in [0.1, 0.15) is 0 Å². The Labute approximate surface area is 116 Å². The van der Waals surface area contributed by atoms with Gasteiger partial charge in [0.2, 0.25) is 11.8 Å². The van der Waals surface area contributed by atoms with E-state index in [2.05, 4.69) is 15.5 Å². The maximum absolute atomic E-state index is 11.9. The molecule has 2 aliphatic rings. The van der Waals surface area contributed by atoms with Crippen molar-refractivity contribution in [3.8, 4) is 0 Å². The average molecular weight is 282 g/mol. The molecule has 1 saturated carbocycles. The molecule has 0 spiro atoms. The van der Waals surface area contributed by atoms with Gasteiger partial charge in [-0.05, 0) is 12.8 Å². The Morgan fingerprint density at radius 3 is 3.05 bits per heavy atom. The van der Waals surface area contributed by atoms with Crippen LogP contribution in [-0.4, -0.2) is 65.1 Å². The molecule has 1 saturated heterocycles. The second-order valence-corrected chi connectivity index (χ2v) is 5.15. The Kier molecular flexibility index (Phi) is 3.95. The fraction of sp³-hybridized carbons (Fsp3) is 0.750. The zero-order valence-corrected chi connectivity index (χ0v) is 11.1. The molecule has 3 rings (SSSR count). The van der Waals surface area contributed by atoms with E-state index in [1.54, 1.807) is 0 Å². The van der Waals surface area contributed by atoms with Crippen molar-refractivity contribution in [2.24, 2.45) is 0 Å². The molecule has 0 bridgehead atoms. The average Bonchev–Trinajstić information content (AvgIpc) is 3.20. The quantitative estimate of drug-likeness (QED) is 0.756. The summed E-state index contributed by atoms with van der Waals surface area (Å²) in [6.45, 7) is 1.78. The van der Waals surface area contributed by atoms with Gasteiger partial charge in [-0.15, -0.1) is 5.10 Å². The molecule has 2 N–H and O–H groups in total. The molecule has 1 aliphatic heterocycles. The number of carbonyl (C=O) groups excluding carboxylic acids is 1. The van der Waals surface area contributed by atoms with Crippen LogP contribution in [0.25, 0.3) is 0 Å². The van der Waals surface area contributed by atoms with E-state index in [4.69, 9.17) is 9.15 Å². The van der Waals surface area contributed by atoms with E-state index in [0.29, 0.717) is 31.6 Å². The number of morpholine rings is 1. The van der Waals surface area contributed by atoms with Gasteiger partial charge in [0.25, 0.3) is 0 Å². The van der Waals surface area contributed by atoms with Crippen LogP contribution in [0.2, 0.25) is 0 Å². The van der Waals surface area contributed by atoms with Crippen LogP contribution in [0.1, 0.15) is 24.7 Å². The monoisotopic (exact) mass is 282 g/mol. The summed E-state index contributed by atoms with van der Waals surface area (Å²) in [7, 11) is 0. The van der Waals surface area contributed by atoms with E-state index in [-0.39, 0.29) is 31.1 Å². The van der Waals surface area contributed by atoms with E-state index in [0.717, 1.165) is 12.8 Å². The molecule has 2 heterocycles. The number of nitrogens with one attached hydrogen (secondary N) is 1. The number of anilines is 1. The minimum Gasteiger partial charge on any atom is -0.408 e. The van der Waals surface area contributed by atoms with Gasteiger partial charge in [0.15, 0.2) is 0 Å². The molecule has 2 fully saturated rings. The maximum atomic E-state index is 11.9. The second-order valence-electron chi connectivity index (χ2n) is 5.15. The Morgan fingerprint density at radius 2 is 2.30 bits per heavy atom. The largest absolute Gasteiger partial charge is 0.408 e. The van der Waals surface area contributed by atoms with Crippen LogP contribution in [0.4, 0.5) is 6.01 Å². The first-order valence-electron chi connectivity index (χ1n) is 6.82. The van der Waals surface area contributed by atoms with E-state index < -0.39 is 0 Å². The molecule has 1 aromatic heterocycles. The van der Waals surface area contributed by atoms with Crippen LogP contribution in [0.3, 0.4) is 0 Å². The standard InChI is InChI=1S/C12H18N4O4/c17-6-9-7-19-4-3-16(9)5-10(18)13-12-15-14-11(20-12)8-1-2-8/h8-9,17H,1-7H2,(H,13,15,18). The molecular formula is C12H18N4O4. The zero-order valence-electron chi connectivity index (χ0n) is 11.1.